The average molecular weight is 326 g/mol. The van der Waals surface area contributed by atoms with E-state index in [0.717, 1.165) is 47.5 Å². The van der Waals surface area contributed by atoms with Crippen LogP contribution in [0.2, 0.25) is 0 Å². The zero-order valence-electron chi connectivity index (χ0n) is 13.0. The van der Waals surface area contributed by atoms with Gasteiger partial charge >= 0.3 is 0 Å². The predicted octanol–water partition coefficient (Wildman–Crippen LogP) is 3.05. The van der Waals surface area contributed by atoms with Gasteiger partial charge in [0.1, 0.15) is 0 Å². The van der Waals surface area contributed by atoms with Crippen molar-refractivity contribution in [2.45, 2.75) is 18.8 Å². The second kappa shape index (κ2) is 5.77. The highest BCUT2D eigenvalue weighted by molar-refractivity contribution is 7.12. The van der Waals surface area contributed by atoms with Crippen molar-refractivity contribution in [3.63, 3.8) is 0 Å². The van der Waals surface area contributed by atoms with E-state index < -0.39 is 0 Å². The summed E-state index contributed by atoms with van der Waals surface area (Å²) in [6, 6.07) is 7.85. The fraction of sp³-hybridized carbons (Fsp3) is 0.353. The molecule has 1 fully saturated rings. The van der Waals surface area contributed by atoms with Crippen LogP contribution in [0.3, 0.4) is 0 Å². The first-order valence-corrected chi connectivity index (χ1v) is 8.72. The summed E-state index contributed by atoms with van der Waals surface area (Å²) in [6.45, 7) is 1.56. The van der Waals surface area contributed by atoms with Crippen LogP contribution in [-0.2, 0) is 7.05 Å². The van der Waals surface area contributed by atoms with Crippen molar-refractivity contribution in [3.8, 4) is 0 Å². The molecule has 1 aliphatic rings. The molecule has 1 saturated heterocycles. The van der Waals surface area contributed by atoms with Crippen LogP contribution in [-0.4, -0.2) is 38.7 Å². The molecule has 0 radical (unpaired) electrons. The molecule has 1 unspecified atom stereocenters. The quantitative estimate of drug-likeness (QED) is 0.727. The van der Waals surface area contributed by atoms with E-state index >= 15 is 0 Å². The van der Waals surface area contributed by atoms with Crippen molar-refractivity contribution in [1.82, 2.24) is 19.7 Å². The molecule has 3 aromatic rings. The highest BCUT2D eigenvalue weighted by Crippen LogP contribution is 2.31. The Morgan fingerprint density at radius 2 is 2.26 bits per heavy atom. The number of thiophene rings is 1. The normalized spacial score (nSPS) is 18.5. The summed E-state index contributed by atoms with van der Waals surface area (Å²) < 4.78 is 1.84. The van der Waals surface area contributed by atoms with Gasteiger partial charge in [-0.3, -0.25) is 9.48 Å². The maximum atomic E-state index is 12.6. The molecule has 1 amide bonds. The van der Waals surface area contributed by atoms with E-state index in [9.17, 15) is 4.79 Å². The van der Waals surface area contributed by atoms with E-state index in [2.05, 4.69) is 16.1 Å². The largest absolute Gasteiger partial charge is 0.337 e. The maximum absolute atomic E-state index is 12.6. The Balaban J connectivity index is 1.63. The van der Waals surface area contributed by atoms with Crippen LogP contribution in [0, 0.1) is 0 Å². The first kappa shape index (κ1) is 14.4. The first-order chi connectivity index (χ1) is 11.2. The highest BCUT2D eigenvalue weighted by atomic mass is 32.1. The lowest BCUT2D eigenvalue weighted by atomic mass is 9.93. The molecule has 3 aromatic heterocycles. The topological polar surface area (TPSA) is 51.0 Å². The number of hydrogen-bond donors (Lipinski definition) is 0. The summed E-state index contributed by atoms with van der Waals surface area (Å²) in [6.07, 6.45) is 3.87. The summed E-state index contributed by atoms with van der Waals surface area (Å²) >= 11 is 1.51. The molecule has 118 valence electrons. The molecule has 0 bridgehead atoms. The van der Waals surface area contributed by atoms with Crippen LogP contribution in [0.5, 0.6) is 0 Å². The number of amides is 1. The molecule has 1 atom stereocenters. The van der Waals surface area contributed by atoms with Crippen molar-refractivity contribution >= 4 is 28.3 Å². The number of aromatic nitrogens is 3. The minimum atomic E-state index is 0.142. The molecule has 5 nitrogen and oxygen atoms in total. The summed E-state index contributed by atoms with van der Waals surface area (Å²) in [4.78, 5) is 19.8. The van der Waals surface area contributed by atoms with Crippen molar-refractivity contribution in [2.75, 3.05) is 13.1 Å². The number of rotatable bonds is 2. The molecule has 0 spiro atoms. The number of carbonyl (C=O) groups is 1. The first-order valence-electron chi connectivity index (χ1n) is 7.84. The SMILES string of the molecule is Cn1nc(C2CCCN(C(=O)c3cccs3)C2)c2cccnc21. The van der Waals surface area contributed by atoms with Gasteiger partial charge in [-0.15, -0.1) is 11.3 Å². The van der Waals surface area contributed by atoms with E-state index in [-0.39, 0.29) is 11.8 Å². The van der Waals surface area contributed by atoms with Crippen molar-refractivity contribution in [1.29, 1.82) is 0 Å². The lowest BCUT2D eigenvalue weighted by Crippen LogP contribution is -2.39. The Labute approximate surface area is 138 Å². The van der Waals surface area contributed by atoms with Crippen LogP contribution in [0.25, 0.3) is 11.0 Å². The van der Waals surface area contributed by atoms with E-state index in [1.54, 1.807) is 6.20 Å². The van der Waals surface area contributed by atoms with E-state index in [1.165, 1.54) is 11.3 Å². The molecule has 0 saturated carbocycles. The van der Waals surface area contributed by atoms with E-state index in [0.29, 0.717) is 0 Å². The lowest BCUT2D eigenvalue weighted by Gasteiger charge is -2.31. The molecular formula is C17H18N4OS. The Bertz CT molecular complexity index is 840. The number of likely N-dealkylation sites (tertiary alicyclic amines) is 1. The van der Waals surface area contributed by atoms with Gasteiger partial charge in [0.15, 0.2) is 5.65 Å². The Morgan fingerprint density at radius 1 is 1.35 bits per heavy atom. The van der Waals surface area contributed by atoms with Gasteiger partial charge in [-0.2, -0.15) is 5.10 Å². The minimum Gasteiger partial charge on any atom is -0.337 e. The molecule has 1 aliphatic heterocycles. The van der Waals surface area contributed by atoms with E-state index in [4.69, 9.17) is 0 Å². The molecule has 0 aromatic carbocycles. The summed E-state index contributed by atoms with van der Waals surface area (Å²) in [5, 5.41) is 7.74. The number of hydrogen-bond acceptors (Lipinski definition) is 4. The standard InChI is InChI=1S/C17H18N4OS/c1-20-16-13(6-2-8-18-16)15(19-20)12-5-3-9-21(11-12)17(22)14-7-4-10-23-14/h2,4,6-8,10,12H,3,5,9,11H2,1H3. The smallest absolute Gasteiger partial charge is 0.263 e. The Morgan fingerprint density at radius 3 is 3.09 bits per heavy atom. The Kier molecular flexibility index (Phi) is 3.61. The van der Waals surface area contributed by atoms with Crippen LogP contribution in [0.4, 0.5) is 0 Å². The molecular weight excluding hydrogens is 308 g/mol. The van der Waals surface area contributed by atoms with Gasteiger partial charge in [0, 0.05) is 37.6 Å². The van der Waals surface area contributed by atoms with Gasteiger partial charge in [0.25, 0.3) is 5.91 Å². The van der Waals surface area contributed by atoms with Crippen LogP contribution < -0.4 is 0 Å². The third-order valence-corrected chi connectivity index (χ3v) is 5.31. The molecule has 4 heterocycles. The summed E-state index contributed by atoms with van der Waals surface area (Å²) in [7, 11) is 1.93. The third kappa shape index (κ3) is 2.53. The fourth-order valence-corrected chi connectivity index (χ4v) is 4.05. The van der Waals surface area contributed by atoms with Gasteiger partial charge in [0.2, 0.25) is 0 Å². The van der Waals surface area contributed by atoms with Gasteiger partial charge in [-0.05, 0) is 36.4 Å². The van der Waals surface area contributed by atoms with Crippen molar-refractivity contribution in [2.24, 2.45) is 7.05 Å². The highest BCUT2D eigenvalue weighted by Gasteiger charge is 2.28. The summed E-state index contributed by atoms with van der Waals surface area (Å²) in [5.41, 5.74) is 1.98. The number of piperidine rings is 1. The summed E-state index contributed by atoms with van der Waals surface area (Å²) in [5.74, 6) is 0.420. The van der Waals surface area contributed by atoms with Gasteiger partial charge in [0.05, 0.1) is 10.6 Å². The van der Waals surface area contributed by atoms with Gasteiger partial charge in [-0.1, -0.05) is 6.07 Å². The zero-order valence-corrected chi connectivity index (χ0v) is 13.8. The molecule has 23 heavy (non-hydrogen) atoms. The second-order valence-corrected chi connectivity index (χ2v) is 6.90. The Hall–Kier alpha value is -2.21. The van der Waals surface area contributed by atoms with Crippen LogP contribution in [0.1, 0.15) is 34.1 Å². The third-order valence-electron chi connectivity index (χ3n) is 4.45. The molecule has 6 heteroatoms. The molecule has 0 N–H and O–H groups in total. The average Bonchev–Trinajstić information content (AvgIpc) is 3.23. The number of nitrogens with zero attached hydrogens (tertiary/aromatic N) is 4. The number of aryl methyl sites for hydroxylation is 1. The molecule has 0 aliphatic carbocycles. The minimum absolute atomic E-state index is 0.142. The monoisotopic (exact) mass is 326 g/mol. The number of carbonyl (C=O) groups excluding carboxylic acids is 1. The fourth-order valence-electron chi connectivity index (χ4n) is 3.36. The van der Waals surface area contributed by atoms with Crippen LogP contribution in [0.15, 0.2) is 35.8 Å². The number of fused-ring (bicyclic) bond motifs is 1. The predicted molar refractivity (Wildman–Crippen MR) is 90.7 cm³/mol. The van der Waals surface area contributed by atoms with Crippen molar-refractivity contribution < 1.29 is 4.79 Å². The van der Waals surface area contributed by atoms with Crippen LogP contribution >= 0.6 is 11.3 Å². The van der Waals surface area contributed by atoms with Gasteiger partial charge < -0.3 is 4.90 Å². The number of pyridine rings is 1. The zero-order chi connectivity index (χ0) is 15.8. The van der Waals surface area contributed by atoms with E-state index in [1.807, 2.05) is 40.2 Å². The van der Waals surface area contributed by atoms with Gasteiger partial charge in [-0.25, -0.2) is 4.98 Å². The molecule has 4 rings (SSSR count). The maximum Gasteiger partial charge on any atom is 0.263 e. The van der Waals surface area contributed by atoms with Crippen molar-refractivity contribution in [3.05, 3.63) is 46.4 Å². The lowest BCUT2D eigenvalue weighted by molar-refractivity contribution is 0.0711. The second-order valence-electron chi connectivity index (χ2n) is 5.95.